The van der Waals surface area contributed by atoms with Gasteiger partial charge in [0.1, 0.15) is 5.82 Å². The number of carbonyl (C=O) groups is 1. The first kappa shape index (κ1) is 12.0. The molecule has 0 spiro atoms. The number of aryl methyl sites for hydroxylation is 1. The summed E-state index contributed by atoms with van der Waals surface area (Å²) in [6.07, 6.45) is 0. The fraction of sp³-hybridized carbons (Fsp3) is 0.0714. The SMILES string of the molecule is Cc1ccc(F)c(C(=O)c2ccc(Br)cc2)c1. The molecule has 0 atom stereocenters. The van der Waals surface area contributed by atoms with E-state index in [9.17, 15) is 9.18 Å². The third-order valence-electron chi connectivity index (χ3n) is 2.47. The number of benzene rings is 2. The van der Waals surface area contributed by atoms with Crippen molar-refractivity contribution in [1.82, 2.24) is 0 Å². The van der Waals surface area contributed by atoms with E-state index < -0.39 is 5.82 Å². The van der Waals surface area contributed by atoms with Gasteiger partial charge >= 0.3 is 0 Å². The van der Waals surface area contributed by atoms with E-state index in [1.807, 2.05) is 6.92 Å². The van der Waals surface area contributed by atoms with E-state index in [4.69, 9.17) is 0 Å². The maximum atomic E-state index is 13.6. The van der Waals surface area contributed by atoms with Crippen molar-refractivity contribution in [2.75, 3.05) is 0 Å². The molecule has 0 unspecified atom stereocenters. The maximum Gasteiger partial charge on any atom is 0.195 e. The predicted molar refractivity (Wildman–Crippen MR) is 68.7 cm³/mol. The first-order valence-electron chi connectivity index (χ1n) is 5.14. The van der Waals surface area contributed by atoms with Crippen LogP contribution >= 0.6 is 15.9 Å². The molecule has 0 aliphatic rings. The summed E-state index contributed by atoms with van der Waals surface area (Å²) in [5.74, 6) is -0.776. The number of ketones is 1. The largest absolute Gasteiger partial charge is 0.288 e. The van der Waals surface area contributed by atoms with Crippen molar-refractivity contribution in [2.45, 2.75) is 6.92 Å². The fourth-order valence-electron chi connectivity index (χ4n) is 1.57. The van der Waals surface area contributed by atoms with Gasteiger partial charge in [0.25, 0.3) is 0 Å². The molecule has 86 valence electrons. The standard InChI is InChI=1S/C14H10BrFO/c1-9-2-7-13(16)12(8-9)14(17)10-3-5-11(15)6-4-10/h2-8H,1H3. The Kier molecular flexibility index (Phi) is 3.38. The Morgan fingerprint density at radius 1 is 1.12 bits per heavy atom. The normalized spacial score (nSPS) is 10.3. The molecular weight excluding hydrogens is 283 g/mol. The number of rotatable bonds is 2. The molecule has 0 saturated heterocycles. The zero-order valence-corrected chi connectivity index (χ0v) is 10.8. The van der Waals surface area contributed by atoms with E-state index in [1.54, 1.807) is 36.4 Å². The Balaban J connectivity index is 2.43. The van der Waals surface area contributed by atoms with Gasteiger partial charge in [-0.15, -0.1) is 0 Å². The highest BCUT2D eigenvalue weighted by Gasteiger charge is 2.13. The summed E-state index contributed by atoms with van der Waals surface area (Å²) in [5, 5.41) is 0. The minimum atomic E-state index is -0.483. The molecular formula is C14H10BrFO. The Morgan fingerprint density at radius 2 is 1.76 bits per heavy atom. The molecule has 0 aromatic heterocycles. The van der Waals surface area contributed by atoms with Gasteiger partial charge in [-0.25, -0.2) is 4.39 Å². The first-order valence-corrected chi connectivity index (χ1v) is 5.93. The van der Waals surface area contributed by atoms with Crippen molar-refractivity contribution >= 4 is 21.7 Å². The summed E-state index contributed by atoms with van der Waals surface area (Å²) in [6, 6.07) is 11.4. The molecule has 2 aromatic rings. The number of hydrogen-bond acceptors (Lipinski definition) is 1. The maximum absolute atomic E-state index is 13.6. The molecule has 1 nitrogen and oxygen atoms in total. The zero-order valence-electron chi connectivity index (χ0n) is 9.21. The summed E-state index contributed by atoms with van der Waals surface area (Å²) in [7, 11) is 0. The van der Waals surface area contributed by atoms with Crippen LogP contribution in [0.25, 0.3) is 0 Å². The molecule has 0 aliphatic carbocycles. The molecule has 2 rings (SSSR count). The van der Waals surface area contributed by atoms with Gasteiger partial charge in [0.15, 0.2) is 5.78 Å². The van der Waals surface area contributed by atoms with Crippen molar-refractivity contribution in [1.29, 1.82) is 0 Å². The van der Waals surface area contributed by atoms with Crippen molar-refractivity contribution in [3.05, 3.63) is 69.4 Å². The summed E-state index contributed by atoms with van der Waals surface area (Å²) in [6.45, 7) is 1.83. The zero-order chi connectivity index (χ0) is 12.4. The lowest BCUT2D eigenvalue weighted by Gasteiger charge is -2.04. The van der Waals surface area contributed by atoms with Crippen LogP contribution in [0.3, 0.4) is 0 Å². The summed E-state index contributed by atoms with van der Waals surface area (Å²) < 4.78 is 14.4. The summed E-state index contributed by atoms with van der Waals surface area (Å²) >= 11 is 3.29. The lowest BCUT2D eigenvalue weighted by Crippen LogP contribution is -2.04. The van der Waals surface area contributed by atoms with Crippen LogP contribution in [0.5, 0.6) is 0 Å². The van der Waals surface area contributed by atoms with Crippen LogP contribution < -0.4 is 0 Å². The summed E-state index contributed by atoms with van der Waals surface area (Å²) in [5.41, 5.74) is 1.47. The van der Waals surface area contributed by atoms with Crippen molar-refractivity contribution in [3.8, 4) is 0 Å². The number of carbonyl (C=O) groups excluding carboxylic acids is 1. The smallest absolute Gasteiger partial charge is 0.195 e. The molecule has 0 amide bonds. The van der Waals surface area contributed by atoms with Crippen LogP contribution in [0.2, 0.25) is 0 Å². The highest BCUT2D eigenvalue weighted by Crippen LogP contribution is 2.17. The van der Waals surface area contributed by atoms with Crippen molar-refractivity contribution < 1.29 is 9.18 Å². The predicted octanol–water partition coefficient (Wildman–Crippen LogP) is 4.13. The van der Waals surface area contributed by atoms with Crippen molar-refractivity contribution in [2.24, 2.45) is 0 Å². The van der Waals surface area contributed by atoms with Gasteiger partial charge < -0.3 is 0 Å². The van der Waals surface area contributed by atoms with E-state index >= 15 is 0 Å². The monoisotopic (exact) mass is 292 g/mol. The molecule has 0 fully saturated rings. The van der Waals surface area contributed by atoms with E-state index in [1.165, 1.54) is 6.07 Å². The average molecular weight is 293 g/mol. The van der Waals surface area contributed by atoms with Crippen LogP contribution in [-0.4, -0.2) is 5.78 Å². The van der Waals surface area contributed by atoms with Gasteiger partial charge in [-0.1, -0.05) is 27.6 Å². The van der Waals surface area contributed by atoms with Crippen LogP contribution in [0.1, 0.15) is 21.5 Å². The first-order chi connectivity index (χ1) is 8.08. The highest BCUT2D eigenvalue weighted by molar-refractivity contribution is 9.10. The van der Waals surface area contributed by atoms with Gasteiger partial charge in [0.2, 0.25) is 0 Å². The molecule has 17 heavy (non-hydrogen) atoms. The van der Waals surface area contributed by atoms with Gasteiger partial charge in [-0.2, -0.15) is 0 Å². The highest BCUT2D eigenvalue weighted by atomic mass is 79.9. The quantitative estimate of drug-likeness (QED) is 0.761. The second-order valence-electron chi connectivity index (χ2n) is 3.82. The van der Waals surface area contributed by atoms with Crippen LogP contribution in [0.4, 0.5) is 4.39 Å². The topological polar surface area (TPSA) is 17.1 Å². The molecule has 0 radical (unpaired) electrons. The van der Waals surface area contributed by atoms with Crippen LogP contribution in [0.15, 0.2) is 46.9 Å². The molecule has 0 heterocycles. The molecule has 0 N–H and O–H groups in total. The fourth-order valence-corrected chi connectivity index (χ4v) is 1.83. The minimum absolute atomic E-state index is 0.118. The third-order valence-corrected chi connectivity index (χ3v) is 3.00. The van der Waals surface area contributed by atoms with Crippen molar-refractivity contribution in [3.63, 3.8) is 0 Å². The lowest BCUT2D eigenvalue weighted by atomic mass is 10.0. The molecule has 2 aromatic carbocycles. The second-order valence-corrected chi connectivity index (χ2v) is 4.73. The molecule has 0 bridgehead atoms. The lowest BCUT2D eigenvalue weighted by molar-refractivity contribution is 0.103. The van der Waals surface area contributed by atoms with Gasteiger partial charge in [-0.3, -0.25) is 4.79 Å². The van der Waals surface area contributed by atoms with E-state index in [0.717, 1.165) is 10.0 Å². The minimum Gasteiger partial charge on any atom is -0.288 e. The Bertz CT molecular complexity index is 561. The van der Waals surface area contributed by atoms with E-state index in [-0.39, 0.29) is 11.3 Å². The number of hydrogen-bond donors (Lipinski definition) is 0. The van der Waals surface area contributed by atoms with Gasteiger partial charge in [-0.05, 0) is 43.3 Å². The van der Waals surface area contributed by atoms with Gasteiger partial charge in [0, 0.05) is 10.0 Å². The molecule has 0 saturated carbocycles. The summed E-state index contributed by atoms with van der Waals surface area (Å²) in [4.78, 5) is 12.1. The Morgan fingerprint density at radius 3 is 2.41 bits per heavy atom. The van der Waals surface area contributed by atoms with Gasteiger partial charge in [0.05, 0.1) is 5.56 Å². The second kappa shape index (κ2) is 4.80. The third kappa shape index (κ3) is 2.61. The number of halogens is 2. The van der Waals surface area contributed by atoms with Crippen LogP contribution in [0, 0.1) is 12.7 Å². The Hall–Kier alpha value is -1.48. The van der Waals surface area contributed by atoms with E-state index in [0.29, 0.717) is 5.56 Å². The molecule has 3 heteroatoms. The van der Waals surface area contributed by atoms with E-state index in [2.05, 4.69) is 15.9 Å². The Labute approximate surface area is 107 Å². The average Bonchev–Trinajstić information content (AvgIpc) is 2.32. The van der Waals surface area contributed by atoms with Crippen LogP contribution in [-0.2, 0) is 0 Å². The molecule has 0 aliphatic heterocycles.